The second-order valence-electron chi connectivity index (χ2n) is 12.0. The number of hydrogen-bond acceptors (Lipinski definition) is 8. The zero-order chi connectivity index (χ0) is 32.2. The van der Waals surface area contributed by atoms with E-state index in [-0.39, 0.29) is 23.9 Å². The maximum atomic E-state index is 14.2. The first-order valence-electron chi connectivity index (χ1n) is 16.1. The molecule has 46 heavy (non-hydrogen) atoms. The molecule has 0 bridgehead atoms. The van der Waals surface area contributed by atoms with Gasteiger partial charge in [0.25, 0.3) is 5.56 Å². The van der Waals surface area contributed by atoms with E-state index < -0.39 is 6.08 Å². The molecule has 2 aromatic heterocycles. The Morgan fingerprint density at radius 2 is 1.61 bits per heavy atom. The second-order valence-corrected chi connectivity index (χ2v) is 12.0. The number of benzene rings is 3. The molecule has 1 unspecified atom stereocenters. The Labute approximate surface area is 268 Å². The van der Waals surface area contributed by atoms with Gasteiger partial charge < -0.3 is 14.6 Å². The fraction of sp³-hybridized carbons (Fsp3) is 0.351. The van der Waals surface area contributed by atoms with Crippen LogP contribution in [0.2, 0.25) is 0 Å². The summed E-state index contributed by atoms with van der Waals surface area (Å²) >= 11 is 0. The Morgan fingerprint density at radius 3 is 2.24 bits per heavy atom. The van der Waals surface area contributed by atoms with Crippen molar-refractivity contribution in [2.45, 2.75) is 84.5 Å². The minimum Gasteiger partial charge on any atom is -0.490 e. The molecular formula is C37H40N4O5. The summed E-state index contributed by atoms with van der Waals surface area (Å²) in [5.41, 5.74) is 5.93. The highest BCUT2D eigenvalue weighted by Gasteiger charge is 2.26. The van der Waals surface area contributed by atoms with Crippen molar-refractivity contribution in [3.05, 3.63) is 106 Å². The van der Waals surface area contributed by atoms with Gasteiger partial charge in [-0.25, -0.2) is 4.98 Å². The first-order chi connectivity index (χ1) is 22.3. The number of hydrogen-bond donors (Lipinski definition) is 1. The average molecular weight is 621 g/mol. The monoisotopic (exact) mass is 620 g/mol. The molecule has 0 amide bonds. The topological polar surface area (TPSA) is 113 Å². The van der Waals surface area contributed by atoms with E-state index in [0.29, 0.717) is 24.2 Å². The molecule has 0 saturated carbocycles. The van der Waals surface area contributed by atoms with E-state index >= 15 is 0 Å². The second kappa shape index (κ2) is 13.7. The van der Waals surface area contributed by atoms with Gasteiger partial charge in [0, 0.05) is 36.8 Å². The van der Waals surface area contributed by atoms with E-state index in [2.05, 4.69) is 30.9 Å². The van der Waals surface area contributed by atoms with Crippen molar-refractivity contribution >= 4 is 0 Å². The van der Waals surface area contributed by atoms with Crippen LogP contribution >= 0.6 is 0 Å². The largest absolute Gasteiger partial charge is 0.490 e. The molecule has 5 aromatic rings. The molecule has 0 radical (unpaired) electrons. The Hall–Kier alpha value is -4.76. The van der Waals surface area contributed by atoms with Crippen LogP contribution < -0.4 is 10.3 Å². The van der Waals surface area contributed by atoms with E-state index in [1.807, 2.05) is 79.7 Å². The molecule has 1 N–H and O–H groups in total. The van der Waals surface area contributed by atoms with Crippen molar-refractivity contribution in [2.24, 2.45) is 0 Å². The highest BCUT2D eigenvalue weighted by Crippen LogP contribution is 2.32. The number of aromatic hydroxyl groups is 1. The number of aryl methyl sites for hydroxylation is 2. The minimum absolute atomic E-state index is 0.0395. The van der Waals surface area contributed by atoms with Crippen LogP contribution in [0.15, 0.2) is 82.1 Å². The molecule has 1 saturated heterocycles. The fourth-order valence-electron chi connectivity index (χ4n) is 6.34. The molecule has 0 spiro atoms. The van der Waals surface area contributed by atoms with Gasteiger partial charge in [-0.15, -0.1) is 0 Å². The molecule has 1 aliphatic heterocycles. The van der Waals surface area contributed by atoms with E-state index in [0.717, 1.165) is 70.9 Å². The normalized spacial score (nSPS) is 18.0. The highest BCUT2D eigenvalue weighted by atomic mass is 16.6. The quantitative estimate of drug-likeness (QED) is 0.176. The zero-order valence-electron chi connectivity index (χ0n) is 26.8. The summed E-state index contributed by atoms with van der Waals surface area (Å²) in [4.78, 5) is 23.3. The van der Waals surface area contributed by atoms with Crippen LogP contribution in [0.1, 0.15) is 69.6 Å². The van der Waals surface area contributed by atoms with Crippen LogP contribution in [-0.4, -0.2) is 43.1 Å². The van der Waals surface area contributed by atoms with Crippen molar-refractivity contribution in [2.75, 3.05) is 0 Å². The number of ether oxygens (including phenoxy) is 2. The SMILES string of the molecule is CCCc1nc(CC)n(-c2ccc(OC3C[C@@H](C)O[C@@H](C)C3)cc2)c(=O)c1Cc1ccc(-c2ccccc2-c2noc(O)n2)cc1. The molecule has 3 aromatic carbocycles. The number of aromatic nitrogens is 4. The molecular weight excluding hydrogens is 580 g/mol. The van der Waals surface area contributed by atoms with E-state index in [9.17, 15) is 9.90 Å². The lowest BCUT2D eigenvalue weighted by atomic mass is 9.96. The van der Waals surface area contributed by atoms with Crippen molar-refractivity contribution < 1.29 is 19.1 Å². The fourth-order valence-corrected chi connectivity index (χ4v) is 6.34. The lowest BCUT2D eigenvalue weighted by Gasteiger charge is -2.32. The maximum absolute atomic E-state index is 14.2. The summed E-state index contributed by atoms with van der Waals surface area (Å²) in [6.45, 7) is 8.31. The standard InChI is InChI=1S/C37H40N4O5/c1-5-9-33-32(22-25-12-14-26(15-13-25)30-10-7-8-11-31(30)35-39-37(43)46-40-35)36(42)41(34(6-2)38-33)27-16-18-28(19-17-27)45-29-20-23(3)44-24(4)21-29/h7-8,10-19,23-24,29H,5-6,9,20-22H2,1-4H3,(H,39,40,43)/t23-,24+,29?. The van der Waals surface area contributed by atoms with Crippen LogP contribution in [0.25, 0.3) is 28.2 Å². The van der Waals surface area contributed by atoms with Gasteiger partial charge in [0.2, 0.25) is 5.82 Å². The Morgan fingerprint density at radius 1 is 0.913 bits per heavy atom. The number of nitrogens with zero attached hydrogens (tertiary/aromatic N) is 4. The molecule has 3 heterocycles. The molecule has 9 nitrogen and oxygen atoms in total. The molecule has 238 valence electrons. The summed E-state index contributed by atoms with van der Waals surface area (Å²) in [6.07, 6.45) is 4.41. The van der Waals surface area contributed by atoms with Gasteiger partial charge in [0.05, 0.1) is 23.6 Å². The third kappa shape index (κ3) is 6.74. The van der Waals surface area contributed by atoms with Crippen LogP contribution in [0.3, 0.4) is 0 Å². The molecule has 6 rings (SSSR count). The summed E-state index contributed by atoms with van der Waals surface area (Å²) in [5.74, 6) is 1.85. The minimum atomic E-state index is -0.472. The summed E-state index contributed by atoms with van der Waals surface area (Å²) in [6, 6.07) is 23.6. The van der Waals surface area contributed by atoms with Crippen molar-refractivity contribution in [1.29, 1.82) is 0 Å². The lowest BCUT2D eigenvalue weighted by molar-refractivity contribution is -0.0721. The Balaban J connectivity index is 1.29. The van der Waals surface area contributed by atoms with Crippen LogP contribution in [0.4, 0.5) is 0 Å². The van der Waals surface area contributed by atoms with Gasteiger partial charge in [0.15, 0.2) is 0 Å². The highest BCUT2D eigenvalue weighted by molar-refractivity contribution is 5.80. The molecule has 9 heteroatoms. The smallest absolute Gasteiger partial charge is 0.415 e. The first kappa shape index (κ1) is 31.2. The third-order valence-electron chi connectivity index (χ3n) is 8.42. The summed E-state index contributed by atoms with van der Waals surface area (Å²) in [5, 5.41) is 13.4. The van der Waals surface area contributed by atoms with Gasteiger partial charge in [-0.2, -0.15) is 4.98 Å². The molecule has 3 atom stereocenters. The average Bonchev–Trinajstić information content (AvgIpc) is 3.49. The third-order valence-corrected chi connectivity index (χ3v) is 8.42. The Bertz CT molecular complexity index is 1840. The van der Waals surface area contributed by atoms with Gasteiger partial charge in [-0.05, 0) is 61.2 Å². The van der Waals surface area contributed by atoms with Gasteiger partial charge in [-0.1, -0.05) is 74.0 Å². The van der Waals surface area contributed by atoms with E-state index in [4.69, 9.17) is 19.0 Å². The van der Waals surface area contributed by atoms with E-state index in [1.165, 1.54) is 0 Å². The van der Waals surface area contributed by atoms with Gasteiger partial charge >= 0.3 is 6.08 Å². The predicted octanol–water partition coefficient (Wildman–Crippen LogP) is 7.10. The van der Waals surface area contributed by atoms with Gasteiger partial charge in [0.1, 0.15) is 17.7 Å². The maximum Gasteiger partial charge on any atom is 0.415 e. The van der Waals surface area contributed by atoms with Crippen molar-refractivity contribution in [3.8, 4) is 40.0 Å². The van der Waals surface area contributed by atoms with Crippen LogP contribution in [0, 0.1) is 0 Å². The molecule has 1 fully saturated rings. The molecule has 1 aliphatic rings. The number of rotatable bonds is 10. The van der Waals surface area contributed by atoms with Crippen molar-refractivity contribution in [1.82, 2.24) is 19.7 Å². The van der Waals surface area contributed by atoms with Gasteiger partial charge in [-0.3, -0.25) is 13.9 Å². The zero-order valence-corrected chi connectivity index (χ0v) is 26.8. The molecule has 0 aliphatic carbocycles. The van der Waals surface area contributed by atoms with Crippen molar-refractivity contribution in [3.63, 3.8) is 0 Å². The Kier molecular flexibility index (Phi) is 9.30. The predicted molar refractivity (Wildman–Crippen MR) is 177 cm³/mol. The van der Waals surface area contributed by atoms with Crippen LogP contribution in [-0.2, 0) is 24.0 Å². The lowest BCUT2D eigenvalue weighted by Crippen LogP contribution is -2.35. The van der Waals surface area contributed by atoms with Crippen LogP contribution in [0.5, 0.6) is 11.8 Å². The summed E-state index contributed by atoms with van der Waals surface area (Å²) < 4.78 is 18.7. The van der Waals surface area contributed by atoms with E-state index in [1.54, 1.807) is 4.57 Å². The first-order valence-corrected chi connectivity index (χ1v) is 16.1. The summed E-state index contributed by atoms with van der Waals surface area (Å²) in [7, 11) is 0.